The lowest BCUT2D eigenvalue weighted by atomic mass is 10.1. The van der Waals surface area contributed by atoms with Gasteiger partial charge in [-0.25, -0.2) is 5.43 Å². The highest BCUT2D eigenvalue weighted by Gasteiger charge is 2.09. The van der Waals surface area contributed by atoms with E-state index in [9.17, 15) is 4.79 Å². The van der Waals surface area contributed by atoms with Crippen LogP contribution in [0.15, 0.2) is 58.1 Å². The molecule has 0 fully saturated rings. The van der Waals surface area contributed by atoms with E-state index >= 15 is 0 Å². The van der Waals surface area contributed by atoms with E-state index in [0.29, 0.717) is 5.56 Å². The molecule has 0 heterocycles. The van der Waals surface area contributed by atoms with Crippen molar-refractivity contribution in [1.29, 1.82) is 0 Å². The zero-order valence-electron chi connectivity index (χ0n) is 12.1. The molecule has 0 unspecified atom stereocenters. The van der Waals surface area contributed by atoms with E-state index in [-0.39, 0.29) is 5.91 Å². The Labute approximate surface area is 133 Å². The van der Waals surface area contributed by atoms with E-state index in [1.165, 1.54) is 5.56 Å². The van der Waals surface area contributed by atoms with Gasteiger partial charge in [0.25, 0.3) is 5.91 Å². The molecule has 108 valence electrons. The smallest absolute Gasteiger partial charge is 0.267 e. The minimum atomic E-state index is -0.222. The van der Waals surface area contributed by atoms with Crippen LogP contribution >= 0.6 is 15.9 Å². The molecule has 0 radical (unpaired) electrons. The standard InChI is InChI=1S/C17H17BrN2O/c1-3-16(13-10-8-12(2)9-11-13)19-20-17(21)14-6-4-5-7-15(14)18/h4-11H,3H2,1-2H3,(H,20,21). The monoisotopic (exact) mass is 344 g/mol. The molecule has 2 rings (SSSR count). The Bertz CT molecular complexity index is 663. The van der Waals surface area contributed by atoms with E-state index in [1.54, 1.807) is 6.07 Å². The van der Waals surface area contributed by atoms with Gasteiger partial charge in [-0.3, -0.25) is 4.79 Å². The molecule has 3 nitrogen and oxygen atoms in total. The van der Waals surface area contributed by atoms with Gasteiger partial charge in [0.05, 0.1) is 11.3 Å². The average Bonchev–Trinajstić information content (AvgIpc) is 2.49. The van der Waals surface area contributed by atoms with Gasteiger partial charge in [0, 0.05) is 4.47 Å². The van der Waals surface area contributed by atoms with Gasteiger partial charge >= 0.3 is 0 Å². The summed E-state index contributed by atoms with van der Waals surface area (Å²) in [6.45, 7) is 4.06. The molecule has 0 aliphatic rings. The largest absolute Gasteiger partial charge is 0.272 e. The van der Waals surface area contributed by atoms with Gasteiger partial charge in [-0.15, -0.1) is 0 Å². The van der Waals surface area contributed by atoms with Gasteiger partial charge < -0.3 is 0 Å². The van der Waals surface area contributed by atoms with Crippen molar-refractivity contribution >= 4 is 27.5 Å². The number of aryl methyl sites for hydroxylation is 1. The number of hydrazone groups is 1. The lowest BCUT2D eigenvalue weighted by Gasteiger charge is -2.06. The Hall–Kier alpha value is -1.94. The molecular weight excluding hydrogens is 328 g/mol. The first-order valence-electron chi connectivity index (χ1n) is 6.80. The van der Waals surface area contributed by atoms with Crippen LogP contribution in [0.2, 0.25) is 0 Å². The van der Waals surface area contributed by atoms with Crippen LogP contribution in [0.5, 0.6) is 0 Å². The van der Waals surface area contributed by atoms with Crippen LogP contribution in [0.25, 0.3) is 0 Å². The van der Waals surface area contributed by atoms with E-state index < -0.39 is 0 Å². The summed E-state index contributed by atoms with van der Waals surface area (Å²) in [5, 5.41) is 4.26. The Morgan fingerprint density at radius 2 is 1.81 bits per heavy atom. The van der Waals surface area contributed by atoms with Crippen molar-refractivity contribution in [2.75, 3.05) is 0 Å². The number of rotatable bonds is 4. The van der Waals surface area contributed by atoms with E-state index in [4.69, 9.17) is 0 Å². The molecule has 1 N–H and O–H groups in total. The molecular formula is C17H17BrN2O. The van der Waals surface area contributed by atoms with Crippen molar-refractivity contribution in [3.05, 3.63) is 69.7 Å². The Morgan fingerprint density at radius 1 is 1.14 bits per heavy atom. The van der Waals surface area contributed by atoms with Crippen molar-refractivity contribution < 1.29 is 4.79 Å². The number of benzene rings is 2. The highest BCUT2D eigenvalue weighted by Crippen LogP contribution is 2.15. The predicted molar refractivity (Wildman–Crippen MR) is 89.6 cm³/mol. The quantitative estimate of drug-likeness (QED) is 0.651. The molecule has 0 aliphatic carbocycles. The Balaban J connectivity index is 2.16. The number of nitrogens with one attached hydrogen (secondary N) is 1. The highest BCUT2D eigenvalue weighted by atomic mass is 79.9. The van der Waals surface area contributed by atoms with Crippen LogP contribution in [0.3, 0.4) is 0 Å². The van der Waals surface area contributed by atoms with Gasteiger partial charge in [0.1, 0.15) is 0 Å². The average molecular weight is 345 g/mol. The summed E-state index contributed by atoms with van der Waals surface area (Å²) in [7, 11) is 0. The van der Waals surface area contributed by atoms with Crippen molar-refractivity contribution in [3.63, 3.8) is 0 Å². The van der Waals surface area contributed by atoms with E-state index in [1.807, 2.05) is 56.3 Å². The third kappa shape index (κ3) is 4.02. The fourth-order valence-electron chi connectivity index (χ4n) is 1.92. The fraction of sp³-hybridized carbons (Fsp3) is 0.176. The van der Waals surface area contributed by atoms with E-state index in [2.05, 4.69) is 26.5 Å². The summed E-state index contributed by atoms with van der Waals surface area (Å²) in [4.78, 5) is 12.1. The van der Waals surface area contributed by atoms with Crippen LogP contribution in [0.1, 0.15) is 34.8 Å². The van der Waals surface area contributed by atoms with Crippen molar-refractivity contribution in [1.82, 2.24) is 5.43 Å². The first-order chi connectivity index (χ1) is 10.1. The Morgan fingerprint density at radius 3 is 2.43 bits per heavy atom. The summed E-state index contributed by atoms with van der Waals surface area (Å²) in [6.07, 6.45) is 0.749. The molecule has 1 amide bonds. The lowest BCUT2D eigenvalue weighted by Crippen LogP contribution is -2.20. The van der Waals surface area contributed by atoms with Crippen molar-refractivity contribution in [2.45, 2.75) is 20.3 Å². The molecule has 4 heteroatoms. The second kappa shape index (κ2) is 7.18. The van der Waals surface area contributed by atoms with Gasteiger partial charge in [0.15, 0.2) is 0 Å². The molecule has 0 saturated carbocycles. The summed E-state index contributed by atoms with van der Waals surface area (Å²) in [5.41, 5.74) is 6.27. The number of hydrogen-bond donors (Lipinski definition) is 1. The molecule has 0 saturated heterocycles. The van der Waals surface area contributed by atoms with Gasteiger partial charge in [-0.2, -0.15) is 5.10 Å². The first kappa shape index (κ1) is 15.4. The number of nitrogens with zero attached hydrogens (tertiary/aromatic N) is 1. The zero-order chi connectivity index (χ0) is 15.2. The third-order valence-electron chi connectivity index (χ3n) is 3.13. The molecule has 0 aromatic heterocycles. The fourth-order valence-corrected chi connectivity index (χ4v) is 2.38. The second-order valence-corrected chi connectivity index (χ2v) is 5.55. The molecule has 2 aromatic rings. The summed E-state index contributed by atoms with van der Waals surface area (Å²) in [6, 6.07) is 15.4. The molecule has 0 aliphatic heterocycles. The number of hydrogen-bond acceptors (Lipinski definition) is 2. The number of halogens is 1. The molecule has 0 atom stereocenters. The minimum absolute atomic E-state index is 0.222. The second-order valence-electron chi connectivity index (χ2n) is 4.70. The van der Waals surface area contributed by atoms with Crippen LogP contribution in [0, 0.1) is 6.92 Å². The molecule has 0 bridgehead atoms. The van der Waals surface area contributed by atoms with Crippen LogP contribution < -0.4 is 5.43 Å². The van der Waals surface area contributed by atoms with Crippen molar-refractivity contribution in [2.24, 2.45) is 5.10 Å². The summed E-state index contributed by atoms with van der Waals surface area (Å²) < 4.78 is 0.756. The Kier molecular flexibility index (Phi) is 5.28. The van der Waals surface area contributed by atoms with E-state index in [0.717, 1.165) is 22.2 Å². The van der Waals surface area contributed by atoms with Gasteiger partial charge in [-0.05, 0) is 47.0 Å². The molecule has 2 aromatic carbocycles. The lowest BCUT2D eigenvalue weighted by molar-refractivity contribution is 0.0954. The first-order valence-corrected chi connectivity index (χ1v) is 7.59. The zero-order valence-corrected chi connectivity index (χ0v) is 13.6. The van der Waals surface area contributed by atoms with Crippen molar-refractivity contribution in [3.8, 4) is 0 Å². The molecule has 0 spiro atoms. The minimum Gasteiger partial charge on any atom is -0.267 e. The van der Waals surface area contributed by atoms with Crippen LogP contribution in [-0.4, -0.2) is 11.6 Å². The predicted octanol–water partition coefficient (Wildman–Crippen LogP) is 4.30. The number of carbonyl (C=O) groups excluding carboxylic acids is 1. The summed E-state index contributed by atoms with van der Waals surface area (Å²) >= 11 is 3.36. The third-order valence-corrected chi connectivity index (χ3v) is 3.82. The SMILES string of the molecule is CCC(=NNC(=O)c1ccccc1Br)c1ccc(C)cc1. The molecule has 21 heavy (non-hydrogen) atoms. The van der Waals surface area contributed by atoms with Crippen LogP contribution in [0.4, 0.5) is 0 Å². The number of amides is 1. The maximum atomic E-state index is 12.1. The topological polar surface area (TPSA) is 41.5 Å². The van der Waals surface area contributed by atoms with Gasteiger partial charge in [0.2, 0.25) is 0 Å². The highest BCUT2D eigenvalue weighted by molar-refractivity contribution is 9.10. The van der Waals surface area contributed by atoms with Crippen LogP contribution in [-0.2, 0) is 0 Å². The normalized spacial score (nSPS) is 11.3. The number of carbonyl (C=O) groups is 1. The maximum absolute atomic E-state index is 12.1. The summed E-state index contributed by atoms with van der Waals surface area (Å²) in [5.74, 6) is -0.222. The van der Waals surface area contributed by atoms with Gasteiger partial charge in [-0.1, -0.05) is 48.9 Å². The maximum Gasteiger partial charge on any atom is 0.272 e.